The van der Waals surface area contributed by atoms with Crippen LogP contribution in [0.5, 0.6) is 0 Å². The number of phosphoric ester groups is 1. The van der Waals surface area contributed by atoms with Gasteiger partial charge in [-0.1, -0.05) is 358 Å². The smallest absolute Gasteiger partial charge is 0.462 e. The van der Waals surface area contributed by atoms with E-state index in [0.29, 0.717) is 23.9 Å². The topological polar surface area (TPSA) is 108 Å². The SMILES string of the molecule is CCCCCCC/C=C\C/C=C\CCCCCCCCCCCCCCCCCCCCCCCCCCCCCCCC(=O)OC(COC(=O)CCCCCCCCCCCCCCC/C=C\C/C=C\CCCCCCC)COP(=O)(O)OCC[N+](C)(C)C. The maximum atomic E-state index is 12.9. The predicted molar refractivity (Wildman–Crippen MR) is 390 cm³/mol. The summed E-state index contributed by atoms with van der Waals surface area (Å²) in [6, 6.07) is 0. The van der Waals surface area contributed by atoms with Crippen molar-refractivity contribution in [3.63, 3.8) is 0 Å². The molecule has 0 aromatic rings. The van der Waals surface area contributed by atoms with Crippen molar-refractivity contribution in [2.24, 2.45) is 0 Å². The summed E-state index contributed by atoms with van der Waals surface area (Å²) in [5.41, 5.74) is 0. The number of likely N-dealkylation sites (N-methyl/N-ethyl adjacent to an activating group) is 1. The Morgan fingerprint density at radius 3 is 0.878 bits per heavy atom. The number of rotatable bonds is 74. The lowest BCUT2D eigenvalue weighted by Gasteiger charge is -2.24. The zero-order valence-corrected chi connectivity index (χ0v) is 61.5. The van der Waals surface area contributed by atoms with Gasteiger partial charge in [-0.25, -0.2) is 4.57 Å². The van der Waals surface area contributed by atoms with E-state index in [1.807, 2.05) is 21.1 Å². The van der Waals surface area contributed by atoms with Gasteiger partial charge in [0.05, 0.1) is 27.7 Å². The summed E-state index contributed by atoms with van der Waals surface area (Å²) in [6.07, 6.45) is 94.0. The van der Waals surface area contributed by atoms with Crippen LogP contribution in [-0.2, 0) is 32.7 Å². The standard InChI is InChI=1S/C80H152NO8P/c1-6-8-10-12-14-16-18-20-22-24-26-28-30-32-33-34-35-36-37-38-39-40-41-42-43-44-45-46-47-49-51-53-55-57-59-61-63-65-67-69-71-73-80(83)89-78(77-88-90(84,85)87-75-74-81(3,4)5)76-86-79(82)72-70-68-66-64-62-60-58-56-54-52-50-48-31-29-27-25-23-21-19-17-15-13-11-9-7-2/h18-21,24-27,78H,6-17,22-23,28-77H2,1-5H3/p+1/b20-18-,21-19-,26-24-,27-25-. The van der Waals surface area contributed by atoms with Crippen LogP contribution in [0, 0.1) is 0 Å². The Kier molecular flexibility index (Phi) is 69.7. The minimum absolute atomic E-state index is 0.0339. The van der Waals surface area contributed by atoms with Crippen molar-refractivity contribution in [3.05, 3.63) is 48.6 Å². The van der Waals surface area contributed by atoms with Gasteiger partial charge in [-0.05, 0) is 77.0 Å². The lowest BCUT2D eigenvalue weighted by atomic mass is 10.0. The van der Waals surface area contributed by atoms with Crippen LogP contribution in [0.2, 0.25) is 0 Å². The summed E-state index contributed by atoms with van der Waals surface area (Å²) in [4.78, 5) is 35.9. The zero-order chi connectivity index (χ0) is 65.5. The molecule has 0 aromatic heterocycles. The summed E-state index contributed by atoms with van der Waals surface area (Å²) < 4.78 is 34.8. The number of allylic oxidation sites excluding steroid dienone is 8. The second kappa shape index (κ2) is 71.3. The number of nitrogens with zero attached hydrogens (tertiary/aromatic N) is 1. The highest BCUT2D eigenvalue weighted by molar-refractivity contribution is 7.47. The van der Waals surface area contributed by atoms with E-state index in [2.05, 4.69) is 62.5 Å². The third-order valence-electron chi connectivity index (χ3n) is 17.8. The first-order valence-electron chi connectivity index (χ1n) is 39.4. The fourth-order valence-corrected chi connectivity index (χ4v) is 12.5. The molecule has 530 valence electrons. The molecule has 0 aromatic carbocycles. The van der Waals surface area contributed by atoms with Crippen LogP contribution < -0.4 is 0 Å². The molecule has 1 N–H and O–H groups in total. The third-order valence-corrected chi connectivity index (χ3v) is 18.8. The van der Waals surface area contributed by atoms with Gasteiger partial charge >= 0.3 is 19.8 Å². The van der Waals surface area contributed by atoms with E-state index < -0.39 is 26.5 Å². The Labute approximate surface area is 560 Å². The number of ether oxygens (including phenoxy) is 2. The number of hydrogen-bond acceptors (Lipinski definition) is 7. The van der Waals surface area contributed by atoms with Crippen molar-refractivity contribution in [3.8, 4) is 0 Å². The van der Waals surface area contributed by atoms with Gasteiger partial charge in [0.2, 0.25) is 0 Å². The molecule has 0 radical (unpaired) electrons. The molecule has 90 heavy (non-hydrogen) atoms. The molecule has 0 fully saturated rings. The number of phosphoric acid groups is 1. The van der Waals surface area contributed by atoms with E-state index in [0.717, 1.165) is 44.9 Å². The number of quaternary nitrogens is 1. The third kappa shape index (κ3) is 75.0. The molecule has 0 rings (SSSR count). The predicted octanol–water partition coefficient (Wildman–Crippen LogP) is 26.0. The molecule has 10 heteroatoms. The summed E-state index contributed by atoms with van der Waals surface area (Å²) >= 11 is 0. The van der Waals surface area contributed by atoms with Crippen LogP contribution in [0.3, 0.4) is 0 Å². The van der Waals surface area contributed by atoms with Crippen molar-refractivity contribution in [2.45, 2.75) is 405 Å². The molecule has 0 aliphatic heterocycles. The van der Waals surface area contributed by atoms with E-state index >= 15 is 0 Å². The highest BCUT2D eigenvalue weighted by atomic mass is 31.2. The first-order chi connectivity index (χ1) is 44.0. The minimum Gasteiger partial charge on any atom is -0.462 e. The van der Waals surface area contributed by atoms with Gasteiger partial charge in [-0.15, -0.1) is 0 Å². The summed E-state index contributed by atoms with van der Waals surface area (Å²) in [6.45, 7) is 4.48. The molecular weight excluding hydrogens is 1130 g/mol. The number of hydrogen-bond donors (Lipinski definition) is 1. The van der Waals surface area contributed by atoms with E-state index in [4.69, 9.17) is 18.5 Å². The van der Waals surface area contributed by atoms with E-state index in [1.165, 1.54) is 321 Å². The average molecular weight is 1290 g/mol. The molecule has 0 saturated heterocycles. The molecule has 0 heterocycles. The van der Waals surface area contributed by atoms with Gasteiger partial charge in [-0.2, -0.15) is 0 Å². The van der Waals surface area contributed by atoms with Crippen LogP contribution in [0.4, 0.5) is 0 Å². The number of carbonyl (C=O) groups excluding carboxylic acids is 2. The average Bonchev–Trinajstić information content (AvgIpc) is 3.62. The molecule has 0 bridgehead atoms. The molecule has 2 atom stereocenters. The highest BCUT2D eigenvalue weighted by Gasteiger charge is 2.27. The van der Waals surface area contributed by atoms with Gasteiger partial charge in [0.25, 0.3) is 0 Å². The molecule has 9 nitrogen and oxygen atoms in total. The van der Waals surface area contributed by atoms with Crippen LogP contribution in [-0.4, -0.2) is 74.9 Å². The number of unbranched alkanes of at least 4 members (excludes halogenated alkanes) is 52. The number of esters is 2. The molecule has 0 saturated carbocycles. The van der Waals surface area contributed by atoms with Crippen LogP contribution in [0.1, 0.15) is 399 Å². The Morgan fingerprint density at radius 1 is 0.344 bits per heavy atom. The largest absolute Gasteiger partial charge is 0.472 e. The lowest BCUT2D eigenvalue weighted by molar-refractivity contribution is -0.870. The highest BCUT2D eigenvalue weighted by Crippen LogP contribution is 2.43. The maximum Gasteiger partial charge on any atom is 0.472 e. The molecule has 0 amide bonds. The van der Waals surface area contributed by atoms with E-state index in [9.17, 15) is 19.0 Å². The van der Waals surface area contributed by atoms with Crippen molar-refractivity contribution in [2.75, 3.05) is 47.5 Å². The first kappa shape index (κ1) is 88.0. The quantitative estimate of drug-likeness (QED) is 0.0211. The summed E-state index contributed by atoms with van der Waals surface area (Å²) in [5.74, 6) is -0.777. The molecule has 0 spiro atoms. The Hall–Kier alpha value is -2.03. The van der Waals surface area contributed by atoms with Gasteiger partial charge in [0.15, 0.2) is 6.10 Å². The van der Waals surface area contributed by atoms with Crippen LogP contribution in [0.15, 0.2) is 48.6 Å². The first-order valence-corrected chi connectivity index (χ1v) is 40.9. The van der Waals surface area contributed by atoms with Crippen molar-refractivity contribution >= 4 is 19.8 Å². The van der Waals surface area contributed by atoms with Crippen molar-refractivity contribution in [1.29, 1.82) is 0 Å². The van der Waals surface area contributed by atoms with E-state index in [-0.39, 0.29) is 25.6 Å². The molecular formula is C80H153NO8P+. The summed E-state index contributed by atoms with van der Waals surface area (Å²) in [5, 5.41) is 0. The van der Waals surface area contributed by atoms with Crippen molar-refractivity contribution in [1.82, 2.24) is 0 Å². The Balaban J connectivity index is 3.88. The Morgan fingerprint density at radius 2 is 0.600 bits per heavy atom. The maximum absolute atomic E-state index is 12.9. The second-order valence-corrected chi connectivity index (χ2v) is 29.5. The van der Waals surface area contributed by atoms with Gasteiger partial charge in [0, 0.05) is 12.8 Å². The van der Waals surface area contributed by atoms with Crippen molar-refractivity contribution < 1.29 is 42.1 Å². The lowest BCUT2D eigenvalue weighted by Crippen LogP contribution is -2.37. The van der Waals surface area contributed by atoms with Gasteiger partial charge < -0.3 is 18.9 Å². The normalized spacial score (nSPS) is 13.3. The minimum atomic E-state index is -4.39. The molecule has 0 aliphatic rings. The second-order valence-electron chi connectivity index (χ2n) is 28.1. The number of carbonyl (C=O) groups is 2. The van der Waals surface area contributed by atoms with Gasteiger partial charge in [0.1, 0.15) is 19.8 Å². The van der Waals surface area contributed by atoms with E-state index in [1.54, 1.807) is 0 Å². The molecule has 2 unspecified atom stereocenters. The monoisotopic (exact) mass is 1290 g/mol. The zero-order valence-electron chi connectivity index (χ0n) is 60.7. The fraction of sp³-hybridized carbons (Fsp3) is 0.875. The van der Waals surface area contributed by atoms with Gasteiger partial charge in [-0.3, -0.25) is 18.6 Å². The Bertz CT molecular complexity index is 1660. The summed E-state index contributed by atoms with van der Waals surface area (Å²) in [7, 11) is 1.50. The fourth-order valence-electron chi connectivity index (χ4n) is 11.8. The van der Waals surface area contributed by atoms with Crippen LogP contribution >= 0.6 is 7.82 Å². The van der Waals surface area contributed by atoms with Crippen LogP contribution in [0.25, 0.3) is 0 Å². The molecule has 0 aliphatic carbocycles.